The molecule has 4 rings (SSSR count). The summed E-state index contributed by atoms with van der Waals surface area (Å²) in [6, 6.07) is 6.54. The van der Waals surface area contributed by atoms with Crippen LogP contribution in [0.1, 0.15) is 51.3 Å². The van der Waals surface area contributed by atoms with Crippen LogP contribution in [0, 0.1) is 5.92 Å². The first-order valence-electron chi connectivity index (χ1n) is 9.54. The van der Waals surface area contributed by atoms with Crippen LogP contribution in [0.15, 0.2) is 36.6 Å². The molecule has 26 heavy (non-hydrogen) atoms. The largest absolute Gasteiger partial charge is 0.464 e. The summed E-state index contributed by atoms with van der Waals surface area (Å²) in [6.45, 7) is 14.4. The Bertz CT molecular complexity index is 691. The van der Waals surface area contributed by atoms with E-state index in [0.29, 0.717) is 18.3 Å². The van der Waals surface area contributed by atoms with Crippen LogP contribution in [0.4, 0.5) is 0 Å². The minimum atomic E-state index is -0.648. The Morgan fingerprint density at radius 3 is 2.77 bits per heavy atom. The maximum atomic E-state index is 6.07. The van der Waals surface area contributed by atoms with Crippen LogP contribution in [0.2, 0.25) is 0 Å². The Hall–Kier alpha value is -1.62. The van der Waals surface area contributed by atoms with E-state index >= 15 is 0 Å². The van der Waals surface area contributed by atoms with Crippen molar-refractivity contribution in [2.24, 2.45) is 5.92 Å². The average Bonchev–Trinajstić information content (AvgIpc) is 3.05. The minimum Gasteiger partial charge on any atom is -0.464 e. The summed E-state index contributed by atoms with van der Waals surface area (Å²) in [6.07, 6.45) is 4.58. The van der Waals surface area contributed by atoms with Gasteiger partial charge in [-0.3, -0.25) is 0 Å². The van der Waals surface area contributed by atoms with Crippen molar-refractivity contribution in [3.63, 3.8) is 0 Å². The molecule has 0 bridgehead atoms. The summed E-state index contributed by atoms with van der Waals surface area (Å²) in [5.74, 6) is 0.538. The quantitative estimate of drug-likeness (QED) is 0.776. The number of allylic oxidation sites excluding steroid dienone is 1. The van der Waals surface area contributed by atoms with Crippen molar-refractivity contribution in [3.8, 4) is 0 Å². The van der Waals surface area contributed by atoms with Crippen LogP contribution in [-0.4, -0.2) is 24.3 Å². The van der Waals surface area contributed by atoms with Crippen molar-refractivity contribution >= 4 is 6.08 Å². The minimum absolute atomic E-state index is 0.258. The summed E-state index contributed by atoms with van der Waals surface area (Å²) in [5, 5.41) is 0. The number of rotatable bonds is 3. The Morgan fingerprint density at radius 1 is 1.23 bits per heavy atom. The predicted molar refractivity (Wildman–Crippen MR) is 102 cm³/mol. The third-order valence-electron chi connectivity index (χ3n) is 4.76. The smallest absolute Gasteiger partial charge is 0.231 e. The molecule has 0 N–H and O–H groups in total. The number of fused-ring (bicyclic) bond motifs is 2. The van der Waals surface area contributed by atoms with E-state index in [1.54, 1.807) is 0 Å². The second kappa shape index (κ2) is 7.55. The highest BCUT2D eigenvalue weighted by atomic mass is 16.8. The van der Waals surface area contributed by atoms with E-state index in [4.69, 9.17) is 18.9 Å². The first-order valence-corrected chi connectivity index (χ1v) is 9.54. The average molecular weight is 358 g/mol. The fourth-order valence-corrected chi connectivity index (χ4v) is 3.58. The van der Waals surface area contributed by atoms with Crippen molar-refractivity contribution < 1.29 is 18.9 Å². The van der Waals surface area contributed by atoms with Crippen LogP contribution in [0.5, 0.6) is 0 Å². The van der Waals surface area contributed by atoms with Crippen LogP contribution in [0.25, 0.3) is 6.08 Å². The van der Waals surface area contributed by atoms with Gasteiger partial charge in [-0.2, -0.15) is 0 Å². The number of hydrogen-bond acceptors (Lipinski definition) is 4. The van der Waals surface area contributed by atoms with Crippen molar-refractivity contribution in [3.05, 3.63) is 53.3 Å². The van der Waals surface area contributed by atoms with Gasteiger partial charge >= 0.3 is 0 Å². The number of ether oxygens (including phenoxy) is 4. The number of hydrogen-bond donors (Lipinski definition) is 0. The molecule has 1 aliphatic carbocycles. The molecule has 4 heteroatoms. The van der Waals surface area contributed by atoms with Crippen molar-refractivity contribution in [1.29, 1.82) is 0 Å². The van der Waals surface area contributed by atoms with Crippen molar-refractivity contribution in [1.82, 2.24) is 0 Å². The monoisotopic (exact) mass is 358 g/mol. The molecule has 2 saturated heterocycles. The van der Waals surface area contributed by atoms with Crippen LogP contribution in [-0.2, 0) is 32.0 Å². The Balaban J connectivity index is 0.000000948. The first kappa shape index (κ1) is 19.2. The molecule has 1 aromatic rings. The maximum Gasteiger partial charge on any atom is 0.231 e. The molecular formula is C22H30O4. The molecule has 3 aliphatic rings. The molecule has 4 atom stereocenters. The molecule has 0 saturated carbocycles. The summed E-state index contributed by atoms with van der Waals surface area (Å²) in [5.41, 5.74) is 3.83. The molecule has 2 heterocycles. The lowest BCUT2D eigenvalue weighted by Gasteiger charge is -2.22. The molecule has 0 spiro atoms. The zero-order valence-corrected chi connectivity index (χ0v) is 16.5. The maximum absolute atomic E-state index is 6.07. The zero-order chi connectivity index (χ0) is 18.9. The Morgan fingerprint density at radius 2 is 2.00 bits per heavy atom. The lowest BCUT2D eigenvalue weighted by molar-refractivity contribution is -0.191. The van der Waals surface area contributed by atoms with E-state index in [9.17, 15) is 0 Å². The fraction of sp³-hybridized carbons (Fsp3) is 0.545. The van der Waals surface area contributed by atoms with E-state index in [0.717, 1.165) is 12.0 Å². The lowest BCUT2D eigenvalue weighted by atomic mass is 9.90. The molecule has 4 nitrogen and oxygen atoms in total. The molecule has 0 radical (unpaired) electrons. The summed E-state index contributed by atoms with van der Waals surface area (Å²) in [7, 11) is 0. The van der Waals surface area contributed by atoms with E-state index in [2.05, 4.69) is 43.9 Å². The van der Waals surface area contributed by atoms with Gasteiger partial charge in [0.1, 0.15) is 11.9 Å². The van der Waals surface area contributed by atoms with Gasteiger partial charge in [-0.25, -0.2) is 0 Å². The number of benzene rings is 1. The van der Waals surface area contributed by atoms with E-state index in [1.165, 1.54) is 11.1 Å². The zero-order valence-electron chi connectivity index (χ0n) is 16.5. The second-order valence-electron chi connectivity index (χ2n) is 7.36. The van der Waals surface area contributed by atoms with Gasteiger partial charge in [0, 0.05) is 0 Å². The molecule has 1 aromatic carbocycles. The Labute approximate surface area is 156 Å². The SMILES string of the molecule is C=C1O[C@@H]2OC(C)(C)O[C@@H]2[C@@H]1OCc1ccc2c(c1)C=CC(C)C2.CC. The highest BCUT2D eigenvalue weighted by Gasteiger charge is 2.53. The summed E-state index contributed by atoms with van der Waals surface area (Å²) < 4.78 is 23.3. The molecule has 0 amide bonds. The van der Waals surface area contributed by atoms with Crippen LogP contribution in [0.3, 0.4) is 0 Å². The lowest BCUT2D eigenvalue weighted by Crippen LogP contribution is -2.31. The van der Waals surface area contributed by atoms with E-state index in [1.807, 2.05) is 27.7 Å². The molecule has 2 aliphatic heterocycles. The van der Waals surface area contributed by atoms with Crippen molar-refractivity contribution in [2.75, 3.05) is 0 Å². The van der Waals surface area contributed by atoms with Gasteiger partial charge in [0.25, 0.3) is 0 Å². The standard InChI is InChI=1S/C20H24O4.C2H6/c1-12-5-7-16-10-14(6-8-15(16)9-12)11-21-17-13(2)22-19-18(17)23-20(3,4)24-19;1-2/h5-8,10,12,17-19H,2,9,11H2,1,3-4H3;1-2H3/t12?,17-,18-,19-;/m1./s1. The third-order valence-corrected chi connectivity index (χ3v) is 4.76. The van der Waals surface area contributed by atoms with Crippen LogP contribution < -0.4 is 0 Å². The van der Waals surface area contributed by atoms with Gasteiger partial charge in [0.05, 0.1) is 6.61 Å². The van der Waals surface area contributed by atoms with Gasteiger partial charge in [-0.15, -0.1) is 0 Å². The van der Waals surface area contributed by atoms with Gasteiger partial charge in [0.2, 0.25) is 6.29 Å². The summed E-state index contributed by atoms with van der Waals surface area (Å²) >= 11 is 0. The predicted octanol–water partition coefficient (Wildman–Crippen LogP) is 4.82. The summed E-state index contributed by atoms with van der Waals surface area (Å²) in [4.78, 5) is 0. The first-order chi connectivity index (χ1) is 12.4. The fourth-order valence-electron chi connectivity index (χ4n) is 3.58. The normalized spacial score (nSPS) is 30.9. The third kappa shape index (κ3) is 3.88. The highest BCUT2D eigenvalue weighted by molar-refractivity contribution is 5.57. The molecule has 0 aromatic heterocycles. The van der Waals surface area contributed by atoms with Gasteiger partial charge < -0.3 is 18.9 Å². The topological polar surface area (TPSA) is 36.9 Å². The Kier molecular flexibility index (Phi) is 5.56. The molecular weight excluding hydrogens is 328 g/mol. The van der Waals surface area contributed by atoms with Gasteiger partial charge in [0.15, 0.2) is 11.9 Å². The highest BCUT2D eigenvalue weighted by Crippen LogP contribution is 2.40. The van der Waals surface area contributed by atoms with E-state index < -0.39 is 12.1 Å². The van der Waals surface area contributed by atoms with Crippen LogP contribution >= 0.6 is 0 Å². The molecule has 1 unspecified atom stereocenters. The molecule has 142 valence electrons. The molecule has 2 fully saturated rings. The van der Waals surface area contributed by atoms with Crippen molar-refractivity contribution in [2.45, 2.75) is 71.9 Å². The van der Waals surface area contributed by atoms with E-state index in [-0.39, 0.29) is 12.2 Å². The second-order valence-corrected chi connectivity index (χ2v) is 7.36. The van der Waals surface area contributed by atoms with Gasteiger partial charge in [-0.1, -0.05) is 51.6 Å². The van der Waals surface area contributed by atoms with Gasteiger partial charge in [-0.05, 0) is 48.9 Å².